The van der Waals surface area contributed by atoms with Crippen LogP contribution in [0.4, 0.5) is 0 Å². The van der Waals surface area contributed by atoms with Crippen LogP contribution in [0.2, 0.25) is 0 Å². The minimum Gasteiger partial charge on any atom is -0.103 e. The highest BCUT2D eigenvalue weighted by molar-refractivity contribution is 4.81. The Kier molecular flexibility index (Phi) is 7.03. The zero-order chi connectivity index (χ0) is 10.3. The van der Waals surface area contributed by atoms with Crippen molar-refractivity contribution < 1.29 is 0 Å². The van der Waals surface area contributed by atoms with Gasteiger partial charge in [0.25, 0.3) is 0 Å². The fourth-order valence-electron chi connectivity index (χ4n) is 1.77. The Labute approximate surface area is 84.4 Å². The molecule has 0 aliphatic carbocycles. The third-order valence-corrected chi connectivity index (χ3v) is 3.32. The molecule has 3 atom stereocenters. The van der Waals surface area contributed by atoms with Gasteiger partial charge in [-0.25, -0.2) is 0 Å². The standard InChI is InChI=1S/C13H26/c1-6-11(4)9-10-12(5)13(7-2)8-3/h7,11-13H,2,6,8-10H2,1,3-5H3. The number of hydrogen-bond acceptors (Lipinski definition) is 0. The van der Waals surface area contributed by atoms with E-state index >= 15 is 0 Å². The van der Waals surface area contributed by atoms with E-state index in [4.69, 9.17) is 0 Å². The Morgan fingerprint density at radius 2 is 1.69 bits per heavy atom. The molecule has 0 aromatic rings. The molecule has 0 heterocycles. The molecule has 0 saturated heterocycles. The maximum absolute atomic E-state index is 3.90. The molecule has 13 heavy (non-hydrogen) atoms. The summed E-state index contributed by atoms with van der Waals surface area (Å²) < 4.78 is 0. The second-order valence-corrected chi connectivity index (χ2v) is 4.38. The van der Waals surface area contributed by atoms with Crippen LogP contribution in [0.5, 0.6) is 0 Å². The van der Waals surface area contributed by atoms with E-state index in [0.717, 1.165) is 17.8 Å². The molecule has 0 heteroatoms. The summed E-state index contributed by atoms with van der Waals surface area (Å²) in [5.74, 6) is 2.44. The molecule has 0 aromatic heterocycles. The summed E-state index contributed by atoms with van der Waals surface area (Å²) >= 11 is 0. The summed E-state index contributed by atoms with van der Waals surface area (Å²) in [6.45, 7) is 13.1. The van der Waals surface area contributed by atoms with Crippen LogP contribution < -0.4 is 0 Å². The van der Waals surface area contributed by atoms with E-state index in [0.29, 0.717) is 0 Å². The Morgan fingerprint density at radius 3 is 2.08 bits per heavy atom. The zero-order valence-electron chi connectivity index (χ0n) is 9.84. The van der Waals surface area contributed by atoms with E-state index in [2.05, 4.69) is 40.3 Å². The predicted octanol–water partition coefficient (Wildman–Crippen LogP) is 4.66. The SMILES string of the molecule is C=CC(CC)C(C)CCC(C)CC. The molecular formula is C13H26. The molecular weight excluding hydrogens is 156 g/mol. The van der Waals surface area contributed by atoms with Gasteiger partial charge in [-0.2, -0.15) is 0 Å². The van der Waals surface area contributed by atoms with Gasteiger partial charge in [-0.15, -0.1) is 6.58 Å². The van der Waals surface area contributed by atoms with E-state index in [1.807, 2.05) is 0 Å². The monoisotopic (exact) mass is 182 g/mol. The lowest BCUT2D eigenvalue weighted by Crippen LogP contribution is -2.09. The van der Waals surface area contributed by atoms with Crippen molar-refractivity contribution in [1.29, 1.82) is 0 Å². The highest BCUT2D eigenvalue weighted by Crippen LogP contribution is 2.23. The Hall–Kier alpha value is -0.260. The molecule has 0 aliphatic heterocycles. The molecule has 78 valence electrons. The first-order chi connectivity index (χ1) is 6.15. The van der Waals surface area contributed by atoms with Gasteiger partial charge >= 0.3 is 0 Å². The number of hydrogen-bond donors (Lipinski definition) is 0. The summed E-state index contributed by atoms with van der Waals surface area (Å²) in [6.07, 6.45) is 7.42. The van der Waals surface area contributed by atoms with Gasteiger partial charge in [-0.1, -0.05) is 46.6 Å². The highest BCUT2D eigenvalue weighted by atomic mass is 14.2. The molecule has 0 rings (SSSR count). The molecule has 0 amide bonds. The Bertz CT molecular complexity index is 126. The number of allylic oxidation sites excluding steroid dienone is 1. The second-order valence-electron chi connectivity index (χ2n) is 4.38. The largest absolute Gasteiger partial charge is 0.103 e. The maximum Gasteiger partial charge on any atom is -0.0213 e. The average molecular weight is 182 g/mol. The van der Waals surface area contributed by atoms with Crippen molar-refractivity contribution in [2.24, 2.45) is 17.8 Å². The summed E-state index contributed by atoms with van der Waals surface area (Å²) in [4.78, 5) is 0. The van der Waals surface area contributed by atoms with E-state index < -0.39 is 0 Å². The summed E-state index contributed by atoms with van der Waals surface area (Å²) in [7, 11) is 0. The lowest BCUT2D eigenvalue weighted by Gasteiger charge is -2.20. The first-order valence-electron chi connectivity index (χ1n) is 5.78. The topological polar surface area (TPSA) is 0 Å². The predicted molar refractivity (Wildman–Crippen MR) is 61.8 cm³/mol. The smallest absolute Gasteiger partial charge is 0.0213 e. The average Bonchev–Trinajstić information content (AvgIpc) is 2.16. The van der Waals surface area contributed by atoms with Crippen LogP contribution in [0.15, 0.2) is 12.7 Å². The number of rotatable bonds is 7. The van der Waals surface area contributed by atoms with Gasteiger partial charge in [0.05, 0.1) is 0 Å². The van der Waals surface area contributed by atoms with Crippen molar-refractivity contribution in [3.05, 3.63) is 12.7 Å². The summed E-state index contributed by atoms with van der Waals surface area (Å²) in [6, 6.07) is 0. The highest BCUT2D eigenvalue weighted by Gasteiger charge is 2.12. The van der Waals surface area contributed by atoms with Crippen molar-refractivity contribution >= 4 is 0 Å². The van der Waals surface area contributed by atoms with E-state index in [1.165, 1.54) is 25.7 Å². The first-order valence-corrected chi connectivity index (χ1v) is 5.78. The van der Waals surface area contributed by atoms with Crippen LogP contribution in [0.1, 0.15) is 53.4 Å². The van der Waals surface area contributed by atoms with E-state index in [-0.39, 0.29) is 0 Å². The summed E-state index contributed by atoms with van der Waals surface area (Å²) in [5, 5.41) is 0. The van der Waals surface area contributed by atoms with Crippen molar-refractivity contribution in [3.63, 3.8) is 0 Å². The van der Waals surface area contributed by atoms with Crippen molar-refractivity contribution in [3.8, 4) is 0 Å². The molecule has 0 fully saturated rings. The molecule has 0 N–H and O–H groups in total. The molecule has 3 unspecified atom stereocenters. The molecule has 0 aliphatic rings. The van der Waals surface area contributed by atoms with Crippen LogP contribution in [0.3, 0.4) is 0 Å². The molecule has 0 saturated carbocycles. The molecule has 0 aromatic carbocycles. The van der Waals surface area contributed by atoms with Crippen LogP contribution in [-0.4, -0.2) is 0 Å². The molecule has 0 bridgehead atoms. The fraction of sp³-hybridized carbons (Fsp3) is 0.846. The van der Waals surface area contributed by atoms with E-state index in [1.54, 1.807) is 0 Å². The lowest BCUT2D eigenvalue weighted by molar-refractivity contribution is 0.348. The summed E-state index contributed by atoms with van der Waals surface area (Å²) in [5.41, 5.74) is 0. The molecule has 0 radical (unpaired) electrons. The molecule has 0 spiro atoms. The van der Waals surface area contributed by atoms with Gasteiger partial charge in [0.15, 0.2) is 0 Å². The maximum atomic E-state index is 3.90. The van der Waals surface area contributed by atoms with E-state index in [9.17, 15) is 0 Å². The van der Waals surface area contributed by atoms with Crippen LogP contribution in [0, 0.1) is 17.8 Å². The lowest BCUT2D eigenvalue weighted by atomic mass is 9.86. The Balaban J connectivity index is 3.71. The zero-order valence-corrected chi connectivity index (χ0v) is 9.84. The fourth-order valence-corrected chi connectivity index (χ4v) is 1.77. The van der Waals surface area contributed by atoms with Crippen molar-refractivity contribution in [2.75, 3.05) is 0 Å². The third-order valence-electron chi connectivity index (χ3n) is 3.32. The second kappa shape index (κ2) is 7.17. The van der Waals surface area contributed by atoms with Gasteiger partial charge in [-0.3, -0.25) is 0 Å². The first kappa shape index (κ1) is 12.7. The van der Waals surface area contributed by atoms with Crippen molar-refractivity contribution in [2.45, 2.75) is 53.4 Å². The quantitative estimate of drug-likeness (QED) is 0.502. The molecule has 0 nitrogen and oxygen atoms in total. The van der Waals surface area contributed by atoms with Gasteiger partial charge in [0.2, 0.25) is 0 Å². The van der Waals surface area contributed by atoms with Crippen LogP contribution >= 0.6 is 0 Å². The van der Waals surface area contributed by atoms with Crippen LogP contribution in [-0.2, 0) is 0 Å². The van der Waals surface area contributed by atoms with Gasteiger partial charge in [0.1, 0.15) is 0 Å². The van der Waals surface area contributed by atoms with Gasteiger partial charge < -0.3 is 0 Å². The van der Waals surface area contributed by atoms with Crippen LogP contribution in [0.25, 0.3) is 0 Å². The van der Waals surface area contributed by atoms with Gasteiger partial charge in [0, 0.05) is 0 Å². The minimum atomic E-state index is 0.726. The van der Waals surface area contributed by atoms with Crippen molar-refractivity contribution in [1.82, 2.24) is 0 Å². The van der Waals surface area contributed by atoms with Gasteiger partial charge in [-0.05, 0) is 30.6 Å². The minimum absolute atomic E-state index is 0.726. The third kappa shape index (κ3) is 5.13. The normalized spacial score (nSPS) is 17.8. The Morgan fingerprint density at radius 1 is 1.08 bits per heavy atom.